The Morgan fingerprint density at radius 2 is 1.89 bits per heavy atom. The molecule has 2 fully saturated rings. The van der Waals surface area contributed by atoms with E-state index < -0.39 is 9.84 Å². The Hall–Kier alpha value is -1.10. The van der Waals surface area contributed by atoms with Crippen LogP contribution in [0.5, 0.6) is 0 Å². The number of amides is 1. The SMILES string of the molecule is C/C=C/C=C/C(=O)N(C1CC1)C1CCS(=O)(=O)C1. The molecule has 1 aliphatic heterocycles. The van der Waals surface area contributed by atoms with E-state index in [0.29, 0.717) is 6.42 Å². The third-order valence-electron chi connectivity index (χ3n) is 3.34. The summed E-state index contributed by atoms with van der Waals surface area (Å²) in [4.78, 5) is 13.9. The molecule has 0 aromatic heterocycles. The average Bonchev–Trinajstić information content (AvgIpc) is 3.05. The highest BCUT2D eigenvalue weighted by atomic mass is 32.2. The zero-order valence-electron chi connectivity index (χ0n) is 10.6. The molecule has 1 atom stereocenters. The molecule has 0 aromatic carbocycles. The molecule has 4 nitrogen and oxygen atoms in total. The summed E-state index contributed by atoms with van der Waals surface area (Å²) in [6.07, 6.45) is 9.48. The Morgan fingerprint density at radius 1 is 1.17 bits per heavy atom. The van der Waals surface area contributed by atoms with Crippen molar-refractivity contribution in [3.05, 3.63) is 24.3 Å². The number of sulfone groups is 1. The predicted octanol–water partition coefficient (Wildman–Crippen LogP) is 1.30. The highest BCUT2D eigenvalue weighted by Crippen LogP contribution is 2.32. The van der Waals surface area contributed by atoms with Crippen molar-refractivity contribution in [1.29, 1.82) is 0 Å². The van der Waals surface area contributed by atoms with E-state index >= 15 is 0 Å². The van der Waals surface area contributed by atoms with Crippen LogP contribution in [-0.2, 0) is 14.6 Å². The van der Waals surface area contributed by atoms with Gasteiger partial charge in [-0.25, -0.2) is 8.42 Å². The Morgan fingerprint density at radius 3 is 2.39 bits per heavy atom. The molecule has 0 spiro atoms. The predicted molar refractivity (Wildman–Crippen MR) is 70.9 cm³/mol. The van der Waals surface area contributed by atoms with Crippen molar-refractivity contribution in [2.45, 2.75) is 38.3 Å². The maximum Gasteiger partial charge on any atom is 0.247 e. The summed E-state index contributed by atoms with van der Waals surface area (Å²) < 4.78 is 23.0. The van der Waals surface area contributed by atoms with Gasteiger partial charge < -0.3 is 4.90 Å². The Kier molecular flexibility index (Phi) is 3.90. The van der Waals surface area contributed by atoms with Gasteiger partial charge in [0.05, 0.1) is 11.5 Å². The topological polar surface area (TPSA) is 54.5 Å². The fourth-order valence-electron chi connectivity index (χ4n) is 2.34. The minimum atomic E-state index is -2.94. The summed E-state index contributed by atoms with van der Waals surface area (Å²) in [5.41, 5.74) is 0. The summed E-state index contributed by atoms with van der Waals surface area (Å²) in [6.45, 7) is 1.89. The third kappa shape index (κ3) is 3.22. The first-order valence-electron chi connectivity index (χ1n) is 6.35. The van der Waals surface area contributed by atoms with Crippen LogP contribution in [-0.4, -0.2) is 42.8 Å². The van der Waals surface area contributed by atoms with E-state index in [0.717, 1.165) is 12.8 Å². The van der Waals surface area contributed by atoms with Gasteiger partial charge in [-0.1, -0.05) is 18.2 Å². The average molecular weight is 269 g/mol. The second kappa shape index (κ2) is 5.26. The minimum Gasteiger partial charge on any atom is -0.332 e. The van der Waals surface area contributed by atoms with Crippen molar-refractivity contribution in [3.8, 4) is 0 Å². The van der Waals surface area contributed by atoms with Crippen LogP contribution in [0.1, 0.15) is 26.2 Å². The van der Waals surface area contributed by atoms with Crippen LogP contribution in [0.4, 0.5) is 0 Å². The highest BCUT2D eigenvalue weighted by molar-refractivity contribution is 7.91. The molecule has 2 rings (SSSR count). The number of carbonyl (C=O) groups is 1. The summed E-state index contributed by atoms with van der Waals surface area (Å²) in [5.74, 6) is 0.289. The van der Waals surface area contributed by atoms with Crippen LogP contribution < -0.4 is 0 Å². The van der Waals surface area contributed by atoms with Crippen LogP contribution >= 0.6 is 0 Å². The number of allylic oxidation sites excluding steroid dienone is 3. The number of nitrogens with zero attached hydrogens (tertiary/aromatic N) is 1. The second-order valence-electron chi connectivity index (χ2n) is 4.92. The first-order valence-corrected chi connectivity index (χ1v) is 8.18. The zero-order valence-corrected chi connectivity index (χ0v) is 11.4. The number of rotatable bonds is 4. The summed E-state index contributed by atoms with van der Waals surface area (Å²) >= 11 is 0. The number of carbonyl (C=O) groups excluding carboxylic acids is 1. The maximum atomic E-state index is 12.1. The van der Waals surface area contributed by atoms with E-state index in [-0.39, 0.29) is 29.5 Å². The largest absolute Gasteiger partial charge is 0.332 e. The summed E-state index contributed by atoms with van der Waals surface area (Å²) in [5, 5.41) is 0. The lowest BCUT2D eigenvalue weighted by atomic mass is 10.2. The molecule has 0 aromatic rings. The van der Waals surface area contributed by atoms with Crippen molar-refractivity contribution >= 4 is 15.7 Å². The second-order valence-corrected chi connectivity index (χ2v) is 7.15. The Bertz CT molecular complexity index is 474. The van der Waals surface area contributed by atoms with Crippen molar-refractivity contribution in [1.82, 2.24) is 4.90 Å². The molecule has 1 saturated carbocycles. The van der Waals surface area contributed by atoms with Gasteiger partial charge in [0.1, 0.15) is 0 Å². The molecule has 1 amide bonds. The molecule has 1 aliphatic carbocycles. The van der Waals surface area contributed by atoms with Gasteiger partial charge in [0.2, 0.25) is 5.91 Å². The van der Waals surface area contributed by atoms with E-state index in [1.54, 1.807) is 17.1 Å². The first-order chi connectivity index (χ1) is 8.53. The van der Waals surface area contributed by atoms with E-state index in [1.165, 1.54) is 6.08 Å². The van der Waals surface area contributed by atoms with Crippen LogP contribution in [0.3, 0.4) is 0 Å². The molecule has 18 heavy (non-hydrogen) atoms. The van der Waals surface area contributed by atoms with Crippen LogP contribution in [0.15, 0.2) is 24.3 Å². The van der Waals surface area contributed by atoms with Gasteiger partial charge in [0.15, 0.2) is 9.84 Å². The van der Waals surface area contributed by atoms with E-state index in [4.69, 9.17) is 0 Å². The van der Waals surface area contributed by atoms with Crippen LogP contribution in [0.2, 0.25) is 0 Å². The lowest BCUT2D eigenvalue weighted by Gasteiger charge is -2.27. The van der Waals surface area contributed by atoms with Crippen LogP contribution in [0.25, 0.3) is 0 Å². The van der Waals surface area contributed by atoms with Crippen molar-refractivity contribution in [2.24, 2.45) is 0 Å². The lowest BCUT2D eigenvalue weighted by molar-refractivity contribution is -0.128. The first kappa shape index (κ1) is 13.3. The molecular weight excluding hydrogens is 250 g/mol. The summed E-state index contributed by atoms with van der Waals surface area (Å²) in [6, 6.07) is 0.135. The van der Waals surface area contributed by atoms with E-state index in [9.17, 15) is 13.2 Å². The van der Waals surface area contributed by atoms with Gasteiger partial charge >= 0.3 is 0 Å². The molecule has 0 radical (unpaired) electrons. The zero-order chi connectivity index (χ0) is 13.2. The molecule has 2 aliphatic rings. The van der Waals surface area contributed by atoms with Gasteiger partial charge in [-0.05, 0) is 26.2 Å². The van der Waals surface area contributed by atoms with Crippen molar-refractivity contribution in [3.63, 3.8) is 0 Å². The normalized spacial score (nSPS) is 27.1. The lowest BCUT2D eigenvalue weighted by Crippen LogP contribution is -2.41. The molecule has 5 heteroatoms. The maximum absolute atomic E-state index is 12.1. The fraction of sp³-hybridized carbons (Fsp3) is 0.615. The molecule has 0 bridgehead atoms. The molecule has 0 N–H and O–H groups in total. The molecule has 1 saturated heterocycles. The van der Waals surface area contributed by atoms with Gasteiger partial charge in [0, 0.05) is 18.2 Å². The van der Waals surface area contributed by atoms with Gasteiger partial charge in [-0.15, -0.1) is 0 Å². The van der Waals surface area contributed by atoms with Crippen LogP contribution in [0, 0.1) is 0 Å². The van der Waals surface area contributed by atoms with E-state index in [1.807, 2.05) is 13.0 Å². The molecule has 100 valence electrons. The molecule has 1 heterocycles. The third-order valence-corrected chi connectivity index (χ3v) is 5.09. The van der Waals surface area contributed by atoms with Gasteiger partial charge in [-0.2, -0.15) is 0 Å². The Labute approximate surface area is 108 Å². The van der Waals surface area contributed by atoms with Crippen molar-refractivity contribution in [2.75, 3.05) is 11.5 Å². The molecule has 1 unspecified atom stereocenters. The monoisotopic (exact) mass is 269 g/mol. The fourth-order valence-corrected chi connectivity index (χ4v) is 4.05. The Balaban J connectivity index is 2.07. The number of hydrogen-bond donors (Lipinski definition) is 0. The highest BCUT2D eigenvalue weighted by Gasteiger charge is 2.41. The number of hydrogen-bond acceptors (Lipinski definition) is 3. The van der Waals surface area contributed by atoms with Crippen molar-refractivity contribution < 1.29 is 13.2 Å². The van der Waals surface area contributed by atoms with Gasteiger partial charge in [-0.3, -0.25) is 4.79 Å². The summed E-state index contributed by atoms with van der Waals surface area (Å²) in [7, 11) is -2.94. The molecular formula is C13H19NO3S. The smallest absolute Gasteiger partial charge is 0.247 e. The quantitative estimate of drug-likeness (QED) is 0.571. The minimum absolute atomic E-state index is 0.0577. The standard InChI is InChI=1S/C13H19NO3S/c1-2-3-4-5-13(15)14(11-6-7-11)12-8-9-18(16,17)10-12/h2-5,11-12H,6-10H2,1H3/b3-2+,5-4+. The van der Waals surface area contributed by atoms with Gasteiger partial charge in [0.25, 0.3) is 0 Å². The van der Waals surface area contributed by atoms with E-state index in [2.05, 4.69) is 0 Å².